The molecule has 0 bridgehead atoms. The maximum atomic E-state index is 14.4. The molecule has 0 fully saturated rings. The molecule has 0 aliphatic heterocycles. The van der Waals surface area contributed by atoms with Gasteiger partial charge in [-0.05, 0) is 30.2 Å². The van der Waals surface area contributed by atoms with E-state index in [1.54, 1.807) is 6.92 Å². The van der Waals surface area contributed by atoms with Gasteiger partial charge in [0.25, 0.3) is 0 Å². The first-order chi connectivity index (χ1) is 11.4. The van der Waals surface area contributed by atoms with Crippen LogP contribution >= 0.6 is 0 Å². The van der Waals surface area contributed by atoms with Gasteiger partial charge in [-0.1, -0.05) is 36.4 Å². The molecule has 0 nitrogen and oxygen atoms in total. The summed E-state index contributed by atoms with van der Waals surface area (Å²) < 4.78 is 69.5. The van der Waals surface area contributed by atoms with Gasteiger partial charge in [0.2, 0.25) is 0 Å². The molecule has 0 aromatic heterocycles. The molecule has 3 aromatic carbocycles. The van der Waals surface area contributed by atoms with Crippen molar-refractivity contribution in [3.8, 4) is 22.3 Å². The molecule has 3 aromatic rings. The fourth-order valence-electron chi connectivity index (χ4n) is 2.45. The van der Waals surface area contributed by atoms with Gasteiger partial charge >= 0.3 is 0 Å². The maximum Gasteiger partial charge on any atom is 0.167 e. The Hall–Kier alpha value is -2.69. The smallest absolute Gasteiger partial charge is 0.167 e. The van der Waals surface area contributed by atoms with Crippen LogP contribution in [0.25, 0.3) is 22.3 Å². The minimum Gasteiger partial charge on any atom is -0.207 e. The molecule has 0 aliphatic rings. The van der Waals surface area contributed by atoms with Gasteiger partial charge < -0.3 is 0 Å². The van der Waals surface area contributed by atoms with E-state index in [0.29, 0.717) is 5.56 Å². The monoisotopic (exact) mass is 334 g/mol. The summed E-state index contributed by atoms with van der Waals surface area (Å²) in [6.45, 7) is 1.55. The Labute approximate surface area is 135 Å². The second-order valence-electron chi connectivity index (χ2n) is 5.35. The molecule has 0 spiro atoms. The number of rotatable bonds is 2. The Bertz CT molecular complexity index is 931. The van der Waals surface area contributed by atoms with Gasteiger partial charge in [-0.3, -0.25) is 0 Å². The zero-order valence-corrected chi connectivity index (χ0v) is 12.5. The molecule has 0 unspecified atom stereocenters. The van der Waals surface area contributed by atoms with Gasteiger partial charge in [-0.2, -0.15) is 0 Å². The average molecular weight is 334 g/mol. The third kappa shape index (κ3) is 2.66. The summed E-state index contributed by atoms with van der Waals surface area (Å²) in [5.41, 5.74) is -0.417. The predicted molar refractivity (Wildman–Crippen MR) is 81.8 cm³/mol. The van der Waals surface area contributed by atoms with Gasteiger partial charge in [-0.15, -0.1) is 0 Å². The Balaban J connectivity index is 2.16. The van der Waals surface area contributed by atoms with Crippen molar-refractivity contribution >= 4 is 0 Å². The molecule has 24 heavy (non-hydrogen) atoms. The largest absolute Gasteiger partial charge is 0.207 e. The summed E-state index contributed by atoms with van der Waals surface area (Å²) in [5, 5.41) is 0. The maximum absolute atomic E-state index is 14.4. The molecule has 0 heterocycles. The van der Waals surface area contributed by atoms with Crippen molar-refractivity contribution in [2.45, 2.75) is 6.92 Å². The van der Waals surface area contributed by atoms with Gasteiger partial charge in [0.1, 0.15) is 5.82 Å². The van der Waals surface area contributed by atoms with Crippen LogP contribution in [0.3, 0.4) is 0 Å². The molecule has 0 amide bonds. The molecule has 0 radical (unpaired) electrons. The Morgan fingerprint density at radius 1 is 0.583 bits per heavy atom. The summed E-state index contributed by atoms with van der Waals surface area (Å²) in [5.74, 6) is -5.54. The first-order valence-corrected chi connectivity index (χ1v) is 7.09. The predicted octanol–water partition coefficient (Wildman–Crippen LogP) is 6.02. The lowest BCUT2D eigenvalue weighted by Gasteiger charge is -2.10. The minimum absolute atomic E-state index is 0.153. The topological polar surface area (TPSA) is 0 Å². The SMILES string of the molecule is Cc1ccc(-c2ccc(-c3cccc(F)c3F)c(F)c2F)cc1F. The summed E-state index contributed by atoms with van der Waals surface area (Å²) >= 11 is 0. The van der Waals surface area contributed by atoms with Gasteiger partial charge in [-0.25, -0.2) is 22.0 Å². The Kier molecular flexibility index (Phi) is 4.09. The van der Waals surface area contributed by atoms with Crippen LogP contribution in [0.5, 0.6) is 0 Å². The third-order valence-corrected chi connectivity index (χ3v) is 3.81. The fraction of sp³-hybridized carbons (Fsp3) is 0.0526. The summed E-state index contributed by atoms with van der Waals surface area (Å²) in [6, 6.07) is 9.59. The second-order valence-corrected chi connectivity index (χ2v) is 5.35. The van der Waals surface area contributed by atoms with Crippen LogP contribution in [-0.4, -0.2) is 0 Å². The first-order valence-electron chi connectivity index (χ1n) is 7.09. The third-order valence-electron chi connectivity index (χ3n) is 3.81. The lowest BCUT2D eigenvalue weighted by Crippen LogP contribution is -1.97. The zero-order valence-electron chi connectivity index (χ0n) is 12.5. The van der Waals surface area contributed by atoms with Gasteiger partial charge in [0.05, 0.1) is 0 Å². The molecular formula is C19H11F5. The highest BCUT2D eigenvalue weighted by atomic mass is 19.2. The van der Waals surface area contributed by atoms with E-state index in [-0.39, 0.29) is 16.7 Å². The fourth-order valence-corrected chi connectivity index (χ4v) is 2.45. The van der Waals surface area contributed by atoms with Crippen molar-refractivity contribution in [2.24, 2.45) is 0 Å². The van der Waals surface area contributed by atoms with Crippen molar-refractivity contribution in [2.75, 3.05) is 0 Å². The number of hydrogen-bond donors (Lipinski definition) is 0. The number of benzene rings is 3. The molecule has 122 valence electrons. The molecule has 0 N–H and O–H groups in total. The highest BCUT2D eigenvalue weighted by molar-refractivity contribution is 5.72. The van der Waals surface area contributed by atoms with E-state index in [1.807, 2.05) is 0 Å². The van der Waals surface area contributed by atoms with Crippen molar-refractivity contribution in [3.63, 3.8) is 0 Å². The second kappa shape index (κ2) is 6.07. The highest BCUT2D eigenvalue weighted by Crippen LogP contribution is 2.33. The molecular weight excluding hydrogens is 323 g/mol. The van der Waals surface area contributed by atoms with Crippen LogP contribution in [0.15, 0.2) is 48.5 Å². The van der Waals surface area contributed by atoms with Crippen LogP contribution < -0.4 is 0 Å². The number of aryl methyl sites for hydroxylation is 1. The summed E-state index contributed by atoms with van der Waals surface area (Å²) in [7, 11) is 0. The van der Waals surface area contributed by atoms with E-state index in [9.17, 15) is 22.0 Å². The average Bonchev–Trinajstić information content (AvgIpc) is 2.56. The number of halogens is 5. The standard InChI is InChI=1S/C19H11F5/c1-10-5-6-11(9-16(10)21)12-7-8-14(19(24)18(12)23)13-3-2-4-15(20)17(13)22/h2-9H,1H3. The molecule has 0 atom stereocenters. The summed E-state index contributed by atoms with van der Waals surface area (Å²) in [4.78, 5) is 0. The zero-order chi connectivity index (χ0) is 17.4. The summed E-state index contributed by atoms with van der Waals surface area (Å²) in [6.07, 6.45) is 0. The molecule has 0 saturated carbocycles. The van der Waals surface area contributed by atoms with Crippen LogP contribution in [0, 0.1) is 36.0 Å². The van der Waals surface area contributed by atoms with Crippen LogP contribution in [0.1, 0.15) is 5.56 Å². The quantitative estimate of drug-likeness (QED) is 0.502. The number of hydrogen-bond acceptors (Lipinski definition) is 0. The van der Waals surface area contributed by atoms with Crippen molar-refractivity contribution < 1.29 is 22.0 Å². The van der Waals surface area contributed by atoms with Gasteiger partial charge in [0.15, 0.2) is 23.3 Å². The van der Waals surface area contributed by atoms with E-state index in [1.165, 1.54) is 24.3 Å². The van der Waals surface area contributed by atoms with E-state index < -0.39 is 34.6 Å². The van der Waals surface area contributed by atoms with Gasteiger partial charge in [0, 0.05) is 16.7 Å². The van der Waals surface area contributed by atoms with E-state index in [4.69, 9.17) is 0 Å². The lowest BCUT2D eigenvalue weighted by molar-refractivity contribution is 0.502. The van der Waals surface area contributed by atoms with Crippen LogP contribution in [0.2, 0.25) is 0 Å². The molecule has 0 aliphatic carbocycles. The first kappa shape index (κ1) is 16.2. The van der Waals surface area contributed by atoms with Crippen LogP contribution in [0.4, 0.5) is 22.0 Å². The van der Waals surface area contributed by atoms with E-state index >= 15 is 0 Å². The molecule has 3 rings (SSSR count). The van der Waals surface area contributed by atoms with E-state index in [2.05, 4.69) is 0 Å². The highest BCUT2D eigenvalue weighted by Gasteiger charge is 2.19. The molecule has 5 heteroatoms. The van der Waals surface area contributed by atoms with E-state index in [0.717, 1.165) is 24.3 Å². The van der Waals surface area contributed by atoms with Crippen molar-refractivity contribution in [3.05, 3.63) is 83.2 Å². The van der Waals surface area contributed by atoms with Crippen molar-refractivity contribution in [1.29, 1.82) is 0 Å². The van der Waals surface area contributed by atoms with Crippen LogP contribution in [-0.2, 0) is 0 Å². The Morgan fingerprint density at radius 2 is 1.21 bits per heavy atom. The normalized spacial score (nSPS) is 10.9. The minimum atomic E-state index is -1.32. The molecule has 0 saturated heterocycles. The lowest BCUT2D eigenvalue weighted by atomic mass is 9.98. The van der Waals surface area contributed by atoms with Crippen molar-refractivity contribution in [1.82, 2.24) is 0 Å². The Morgan fingerprint density at radius 3 is 1.92 bits per heavy atom.